The van der Waals surface area contributed by atoms with E-state index in [9.17, 15) is 4.79 Å². The molecule has 0 saturated heterocycles. The van der Waals surface area contributed by atoms with Gasteiger partial charge in [-0.25, -0.2) is 5.43 Å². The number of amides is 1. The van der Waals surface area contributed by atoms with Gasteiger partial charge in [-0.1, -0.05) is 34.0 Å². The summed E-state index contributed by atoms with van der Waals surface area (Å²) < 4.78 is 12.6. The van der Waals surface area contributed by atoms with Gasteiger partial charge >= 0.3 is 0 Å². The molecule has 2 rings (SSSR count). The van der Waals surface area contributed by atoms with Crippen molar-refractivity contribution >= 4 is 50.6 Å². The van der Waals surface area contributed by atoms with Crippen LogP contribution in [0, 0.1) is 15.9 Å². The molecule has 0 unspecified atom stereocenters. The minimum absolute atomic E-state index is 0.159. The highest BCUT2D eigenvalue weighted by atomic mass is 127. The van der Waals surface area contributed by atoms with Crippen molar-refractivity contribution in [1.29, 1.82) is 0 Å². The van der Waals surface area contributed by atoms with Gasteiger partial charge < -0.3 is 9.47 Å². The minimum atomic E-state index is -0.195. The summed E-state index contributed by atoms with van der Waals surface area (Å²) in [4.78, 5) is 11.9. The Bertz CT molecular complexity index is 845. The average molecular weight is 527 g/mol. The molecule has 0 aromatic heterocycles. The molecule has 1 amide bonds. The maximum atomic E-state index is 11.9. The molecule has 0 aliphatic heterocycles. The van der Waals surface area contributed by atoms with Crippen molar-refractivity contribution in [2.45, 2.75) is 6.42 Å². The summed E-state index contributed by atoms with van der Waals surface area (Å²) in [5, 5.41) is 4.00. The standard InChI is InChI=1S/C19H16BrIN2O3/c1-3-8-26-19-16(21)9-14(10-17(19)25-2)12-22-23-18(24)11-13-4-6-15(20)7-5-13/h1,4-7,9-10,12H,8,11H2,2H3,(H,23,24)/b22-12-. The predicted octanol–water partition coefficient (Wildman–Crippen LogP) is 3.77. The summed E-state index contributed by atoms with van der Waals surface area (Å²) in [5.74, 6) is 3.36. The second-order valence-electron chi connectivity index (χ2n) is 5.12. The van der Waals surface area contributed by atoms with Crippen LogP contribution in [0.3, 0.4) is 0 Å². The van der Waals surface area contributed by atoms with Crippen LogP contribution in [0.25, 0.3) is 0 Å². The lowest BCUT2D eigenvalue weighted by atomic mass is 10.1. The number of carbonyl (C=O) groups is 1. The molecule has 0 aliphatic rings. The number of benzene rings is 2. The second-order valence-corrected chi connectivity index (χ2v) is 7.20. The fraction of sp³-hybridized carbons (Fsp3) is 0.158. The van der Waals surface area contributed by atoms with Gasteiger partial charge in [-0.05, 0) is 58.0 Å². The van der Waals surface area contributed by atoms with E-state index in [0.717, 1.165) is 19.2 Å². The van der Waals surface area contributed by atoms with Crippen molar-refractivity contribution in [3.8, 4) is 23.8 Å². The normalized spacial score (nSPS) is 10.4. The molecule has 0 saturated carbocycles. The van der Waals surface area contributed by atoms with E-state index >= 15 is 0 Å². The Balaban J connectivity index is 2.01. The molecule has 1 N–H and O–H groups in total. The van der Waals surface area contributed by atoms with Crippen LogP contribution in [-0.2, 0) is 11.2 Å². The van der Waals surface area contributed by atoms with Gasteiger partial charge in [-0.2, -0.15) is 5.10 Å². The van der Waals surface area contributed by atoms with E-state index < -0.39 is 0 Å². The fourth-order valence-electron chi connectivity index (χ4n) is 2.07. The molecule has 0 atom stereocenters. The van der Waals surface area contributed by atoms with Crippen LogP contribution in [0.1, 0.15) is 11.1 Å². The number of hydrogen-bond donors (Lipinski definition) is 1. The first-order valence-electron chi connectivity index (χ1n) is 7.53. The third-order valence-corrected chi connectivity index (χ3v) is 4.56. The van der Waals surface area contributed by atoms with Crippen molar-refractivity contribution in [2.24, 2.45) is 5.10 Å². The highest BCUT2D eigenvalue weighted by Gasteiger charge is 2.10. The highest BCUT2D eigenvalue weighted by Crippen LogP contribution is 2.33. The monoisotopic (exact) mass is 526 g/mol. The number of rotatable bonds is 7. The number of halogens is 2. The molecule has 5 nitrogen and oxygen atoms in total. The van der Waals surface area contributed by atoms with Crippen molar-refractivity contribution in [3.63, 3.8) is 0 Å². The molecule has 0 fully saturated rings. The molecule has 26 heavy (non-hydrogen) atoms. The number of hydrogen-bond acceptors (Lipinski definition) is 4. The van der Waals surface area contributed by atoms with E-state index in [4.69, 9.17) is 15.9 Å². The van der Waals surface area contributed by atoms with Crippen LogP contribution in [0.5, 0.6) is 11.5 Å². The van der Waals surface area contributed by atoms with E-state index in [-0.39, 0.29) is 18.9 Å². The van der Waals surface area contributed by atoms with Crippen LogP contribution in [-0.4, -0.2) is 25.8 Å². The van der Waals surface area contributed by atoms with Crippen LogP contribution in [0.2, 0.25) is 0 Å². The number of methoxy groups -OCH3 is 1. The van der Waals surface area contributed by atoms with E-state index in [1.807, 2.05) is 30.3 Å². The Morgan fingerprint density at radius 3 is 2.77 bits per heavy atom. The topological polar surface area (TPSA) is 59.9 Å². The Morgan fingerprint density at radius 2 is 2.12 bits per heavy atom. The Labute approximate surface area is 174 Å². The van der Waals surface area contributed by atoms with E-state index in [2.05, 4.69) is 55.0 Å². The van der Waals surface area contributed by atoms with E-state index in [1.165, 1.54) is 0 Å². The van der Waals surface area contributed by atoms with Gasteiger partial charge in [0.05, 0.1) is 23.3 Å². The second kappa shape index (κ2) is 10.2. The molecule has 2 aromatic carbocycles. The minimum Gasteiger partial charge on any atom is -0.493 e. The molecule has 7 heteroatoms. The molecule has 134 valence electrons. The van der Waals surface area contributed by atoms with Gasteiger partial charge in [-0.15, -0.1) is 6.42 Å². The van der Waals surface area contributed by atoms with Gasteiger partial charge in [0.1, 0.15) is 6.61 Å². The van der Waals surface area contributed by atoms with Gasteiger partial charge in [0.2, 0.25) is 5.91 Å². The van der Waals surface area contributed by atoms with Gasteiger partial charge in [0, 0.05) is 4.47 Å². The third kappa shape index (κ3) is 6.04. The summed E-state index contributed by atoms with van der Waals surface area (Å²) in [6.07, 6.45) is 7.03. The fourth-order valence-corrected chi connectivity index (χ4v) is 3.12. The Morgan fingerprint density at radius 1 is 1.38 bits per heavy atom. The van der Waals surface area contributed by atoms with Crippen LogP contribution in [0.15, 0.2) is 46.0 Å². The Kier molecular flexibility index (Phi) is 7.94. The van der Waals surface area contributed by atoms with Crippen LogP contribution < -0.4 is 14.9 Å². The van der Waals surface area contributed by atoms with Gasteiger partial charge in [-0.3, -0.25) is 4.79 Å². The summed E-state index contributed by atoms with van der Waals surface area (Å²) in [7, 11) is 1.55. The maximum Gasteiger partial charge on any atom is 0.244 e. The number of nitrogens with one attached hydrogen (secondary N) is 1. The van der Waals surface area contributed by atoms with Crippen molar-refractivity contribution in [1.82, 2.24) is 5.43 Å². The number of carbonyl (C=O) groups excluding carboxylic acids is 1. The first-order valence-corrected chi connectivity index (χ1v) is 9.40. The summed E-state index contributed by atoms with van der Waals surface area (Å²) in [5.41, 5.74) is 4.19. The van der Waals surface area contributed by atoms with E-state index in [1.54, 1.807) is 19.4 Å². The predicted molar refractivity (Wildman–Crippen MR) is 114 cm³/mol. The quantitative estimate of drug-likeness (QED) is 0.258. The largest absolute Gasteiger partial charge is 0.493 e. The first-order chi connectivity index (χ1) is 12.5. The zero-order valence-corrected chi connectivity index (χ0v) is 17.7. The summed E-state index contributed by atoms with van der Waals surface area (Å²) >= 11 is 5.49. The number of nitrogens with zero attached hydrogens (tertiary/aromatic N) is 1. The zero-order chi connectivity index (χ0) is 18.9. The van der Waals surface area contributed by atoms with Gasteiger partial charge in [0.25, 0.3) is 0 Å². The first kappa shape index (κ1) is 20.3. The highest BCUT2D eigenvalue weighted by molar-refractivity contribution is 14.1. The summed E-state index contributed by atoms with van der Waals surface area (Å²) in [6.45, 7) is 0.159. The van der Waals surface area contributed by atoms with Crippen molar-refractivity contribution in [3.05, 3.63) is 55.6 Å². The third-order valence-electron chi connectivity index (χ3n) is 3.23. The lowest BCUT2D eigenvalue weighted by Gasteiger charge is -2.11. The summed E-state index contributed by atoms with van der Waals surface area (Å²) in [6, 6.07) is 11.2. The lowest BCUT2D eigenvalue weighted by Crippen LogP contribution is -2.19. The van der Waals surface area contributed by atoms with Crippen molar-refractivity contribution in [2.75, 3.05) is 13.7 Å². The molecule has 0 radical (unpaired) electrons. The number of hydrazone groups is 1. The molecular weight excluding hydrogens is 511 g/mol. The van der Waals surface area contributed by atoms with Gasteiger partial charge in [0.15, 0.2) is 11.5 Å². The molecule has 2 aromatic rings. The molecule has 0 spiro atoms. The lowest BCUT2D eigenvalue weighted by molar-refractivity contribution is -0.120. The zero-order valence-electron chi connectivity index (χ0n) is 14.0. The molecule has 0 bridgehead atoms. The van der Waals surface area contributed by atoms with Crippen LogP contribution >= 0.6 is 38.5 Å². The number of ether oxygens (including phenoxy) is 2. The maximum absolute atomic E-state index is 11.9. The average Bonchev–Trinajstić information content (AvgIpc) is 2.62. The molecule has 0 aliphatic carbocycles. The van der Waals surface area contributed by atoms with Crippen molar-refractivity contribution < 1.29 is 14.3 Å². The SMILES string of the molecule is C#CCOc1c(I)cc(/C=N\NC(=O)Cc2ccc(Br)cc2)cc1OC. The molecule has 0 heterocycles. The van der Waals surface area contributed by atoms with E-state index in [0.29, 0.717) is 11.5 Å². The number of terminal acetylenes is 1. The smallest absolute Gasteiger partial charge is 0.244 e. The van der Waals surface area contributed by atoms with Crippen LogP contribution in [0.4, 0.5) is 0 Å². The Hall–Kier alpha value is -2.05. The molecular formula is C19H16BrIN2O3.